The Bertz CT molecular complexity index is 1160. The lowest BCUT2D eigenvalue weighted by molar-refractivity contribution is -0.133. The van der Waals surface area contributed by atoms with Crippen LogP contribution in [0.3, 0.4) is 0 Å². The molecule has 0 atom stereocenters. The molecular formula is C23H29N5O5S. The normalized spacial score (nSPS) is 14.8. The van der Waals surface area contributed by atoms with Gasteiger partial charge in [-0.15, -0.1) is 0 Å². The molecule has 2 amide bonds. The van der Waals surface area contributed by atoms with E-state index >= 15 is 0 Å². The summed E-state index contributed by atoms with van der Waals surface area (Å²) in [5.74, 6) is -0.129. The first-order valence-electron chi connectivity index (χ1n) is 10.9. The Balaban J connectivity index is 1.49. The lowest BCUT2D eigenvalue weighted by Crippen LogP contribution is -2.52. The zero-order valence-corrected chi connectivity index (χ0v) is 20.3. The Morgan fingerprint density at radius 2 is 1.65 bits per heavy atom. The second-order valence-electron chi connectivity index (χ2n) is 8.25. The Hall–Kier alpha value is -3.15. The maximum Gasteiger partial charge on any atom is 0.243 e. The molecule has 0 spiro atoms. The summed E-state index contributed by atoms with van der Waals surface area (Å²) in [4.78, 5) is 43.8. The van der Waals surface area contributed by atoms with Gasteiger partial charge in [-0.25, -0.2) is 13.4 Å². The molecule has 2 aromatic rings. The summed E-state index contributed by atoms with van der Waals surface area (Å²) in [7, 11) is -2.04. The second-order valence-corrected chi connectivity index (χ2v) is 10.2. The number of pyridine rings is 1. The van der Waals surface area contributed by atoms with Crippen molar-refractivity contribution in [2.45, 2.75) is 18.7 Å². The average molecular weight is 488 g/mol. The molecule has 1 N–H and O–H groups in total. The van der Waals surface area contributed by atoms with Crippen LogP contribution in [0.1, 0.15) is 23.0 Å². The number of carbonyl (C=O) groups is 3. The maximum absolute atomic E-state index is 12.9. The van der Waals surface area contributed by atoms with Crippen molar-refractivity contribution in [2.24, 2.45) is 0 Å². The molecule has 11 heteroatoms. The van der Waals surface area contributed by atoms with Crippen LogP contribution in [-0.2, 0) is 19.6 Å². The van der Waals surface area contributed by atoms with Crippen molar-refractivity contribution in [3.63, 3.8) is 0 Å². The van der Waals surface area contributed by atoms with Gasteiger partial charge in [-0.2, -0.15) is 4.31 Å². The lowest BCUT2D eigenvalue weighted by atomic mass is 10.2. The molecular weight excluding hydrogens is 458 g/mol. The minimum absolute atomic E-state index is 0.0198. The monoisotopic (exact) mass is 487 g/mol. The van der Waals surface area contributed by atoms with Gasteiger partial charge < -0.3 is 10.2 Å². The Kier molecular flexibility index (Phi) is 8.13. The summed E-state index contributed by atoms with van der Waals surface area (Å²) in [5.41, 5.74) is 1.23. The molecule has 10 nitrogen and oxygen atoms in total. The van der Waals surface area contributed by atoms with Crippen LogP contribution in [0.4, 0.5) is 5.82 Å². The van der Waals surface area contributed by atoms with Gasteiger partial charge in [0.2, 0.25) is 21.8 Å². The number of nitrogens with zero attached hydrogens (tertiary/aromatic N) is 4. The number of amides is 2. The standard InChI is InChI=1S/C23H29N5O5S/c1-17-5-4-6-21(24-17)25-22(30)15-26(3)16-23(31)27-11-13-28(14-12-27)34(32,33)20-9-7-19(8-10-20)18(2)29/h4-10H,11-16H2,1-3H3,(H,24,25,30). The summed E-state index contributed by atoms with van der Waals surface area (Å²) in [5, 5.41) is 2.71. The molecule has 3 rings (SSSR count). The van der Waals surface area contributed by atoms with Gasteiger partial charge in [0.15, 0.2) is 5.78 Å². The van der Waals surface area contributed by atoms with Gasteiger partial charge in [-0.05, 0) is 45.2 Å². The van der Waals surface area contributed by atoms with Crippen molar-refractivity contribution in [1.82, 2.24) is 19.1 Å². The fourth-order valence-electron chi connectivity index (χ4n) is 3.62. The van der Waals surface area contributed by atoms with Gasteiger partial charge in [0.1, 0.15) is 5.82 Å². The van der Waals surface area contributed by atoms with E-state index in [1.165, 1.54) is 35.5 Å². The van der Waals surface area contributed by atoms with Gasteiger partial charge in [0.25, 0.3) is 0 Å². The number of anilines is 1. The van der Waals surface area contributed by atoms with Crippen molar-refractivity contribution in [3.05, 3.63) is 53.7 Å². The average Bonchev–Trinajstić information content (AvgIpc) is 2.79. The zero-order valence-electron chi connectivity index (χ0n) is 19.5. The molecule has 2 heterocycles. The minimum atomic E-state index is -3.71. The number of nitrogens with one attached hydrogen (secondary N) is 1. The van der Waals surface area contributed by atoms with E-state index in [0.717, 1.165) is 5.69 Å². The SMILES string of the molecule is CC(=O)c1ccc(S(=O)(=O)N2CCN(C(=O)CN(C)CC(=O)Nc3cccc(C)n3)CC2)cc1. The van der Waals surface area contributed by atoms with E-state index in [-0.39, 0.29) is 61.8 Å². The van der Waals surface area contributed by atoms with Gasteiger partial charge in [-0.3, -0.25) is 19.3 Å². The third-order valence-electron chi connectivity index (χ3n) is 5.46. The molecule has 1 aromatic carbocycles. The lowest BCUT2D eigenvalue weighted by Gasteiger charge is -2.34. The minimum Gasteiger partial charge on any atom is -0.339 e. The van der Waals surface area contributed by atoms with E-state index in [9.17, 15) is 22.8 Å². The van der Waals surface area contributed by atoms with Gasteiger partial charge in [0.05, 0.1) is 18.0 Å². The molecule has 0 aliphatic carbocycles. The molecule has 1 aliphatic heterocycles. The number of likely N-dealkylation sites (N-methyl/N-ethyl adjacent to an activating group) is 1. The second kappa shape index (κ2) is 10.9. The number of carbonyl (C=O) groups excluding carboxylic acids is 3. The number of Topliss-reactive ketones (excluding diaryl/α,β-unsaturated/α-hetero) is 1. The van der Waals surface area contributed by atoms with E-state index in [1.807, 2.05) is 13.0 Å². The summed E-state index contributed by atoms with van der Waals surface area (Å²) in [6.07, 6.45) is 0. The Labute approximate surface area is 199 Å². The van der Waals surface area contributed by atoms with E-state index in [1.54, 1.807) is 29.0 Å². The van der Waals surface area contributed by atoms with Crippen molar-refractivity contribution in [2.75, 3.05) is 51.6 Å². The van der Waals surface area contributed by atoms with E-state index in [4.69, 9.17) is 0 Å². The van der Waals surface area contributed by atoms with Crippen molar-refractivity contribution < 1.29 is 22.8 Å². The molecule has 34 heavy (non-hydrogen) atoms. The van der Waals surface area contributed by atoms with Crippen molar-refractivity contribution >= 4 is 33.4 Å². The molecule has 0 saturated carbocycles. The number of ketones is 1. The van der Waals surface area contributed by atoms with Crippen LogP contribution in [0, 0.1) is 6.92 Å². The largest absolute Gasteiger partial charge is 0.339 e. The van der Waals surface area contributed by atoms with Crippen LogP contribution in [0.25, 0.3) is 0 Å². The highest BCUT2D eigenvalue weighted by Gasteiger charge is 2.30. The Morgan fingerprint density at radius 3 is 2.24 bits per heavy atom. The number of hydrogen-bond acceptors (Lipinski definition) is 7. The number of aromatic nitrogens is 1. The van der Waals surface area contributed by atoms with Crippen LogP contribution >= 0.6 is 0 Å². The molecule has 1 aromatic heterocycles. The predicted molar refractivity (Wildman–Crippen MR) is 127 cm³/mol. The molecule has 0 bridgehead atoms. The zero-order chi connectivity index (χ0) is 24.9. The highest BCUT2D eigenvalue weighted by molar-refractivity contribution is 7.89. The molecule has 1 fully saturated rings. The van der Waals surface area contributed by atoms with E-state index in [0.29, 0.717) is 11.4 Å². The van der Waals surface area contributed by atoms with Crippen LogP contribution in [0.5, 0.6) is 0 Å². The van der Waals surface area contributed by atoms with Crippen molar-refractivity contribution in [1.29, 1.82) is 0 Å². The highest BCUT2D eigenvalue weighted by Crippen LogP contribution is 2.18. The first kappa shape index (κ1) is 25.5. The smallest absolute Gasteiger partial charge is 0.243 e. The quantitative estimate of drug-likeness (QED) is 0.552. The van der Waals surface area contributed by atoms with Crippen molar-refractivity contribution in [3.8, 4) is 0 Å². The fraction of sp³-hybridized carbons (Fsp3) is 0.391. The topological polar surface area (TPSA) is 120 Å². The number of sulfonamides is 1. The summed E-state index contributed by atoms with van der Waals surface area (Å²) in [6.45, 7) is 4.17. The van der Waals surface area contributed by atoms with E-state index < -0.39 is 10.0 Å². The predicted octanol–water partition coefficient (Wildman–Crippen LogP) is 0.996. The Morgan fingerprint density at radius 1 is 1.00 bits per heavy atom. The summed E-state index contributed by atoms with van der Waals surface area (Å²) in [6, 6.07) is 11.2. The number of benzene rings is 1. The first-order chi connectivity index (χ1) is 16.1. The summed E-state index contributed by atoms with van der Waals surface area (Å²) < 4.78 is 27.1. The number of aryl methyl sites for hydroxylation is 1. The van der Waals surface area contributed by atoms with Crippen LogP contribution < -0.4 is 5.32 Å². The van der Waals surface area contributed by atoms with Gasteiger partial charge >= 0.3 is 0 Å². The maximum atomic E-state index is 12.9. The van der Waals surface area contributed by atoms with Crippen LogP contribution in [0.15, 0.2) is 47.4 Å². The number of rotatable bonds is 8. The first-order valence-corrected chi connectivity index (χ1v) is 12.3. The number of hydrogen-bond donors (Lipinski definition) is 1. The molecule has 0 radical (unpaired) electrons. The van der Waals surface area contributed by atoms with Gasteiger partial charge in [-0.1, -0.05) is 18.2 Å². The molecule has 1 saturated heterocycles. The molecule has 182 valence electrons. The summed E-state index contributed by atoms with van der Waals surface area (Å²) >= 11 is 0. The molecule has 1 aliphatic rings. The third-order valence-corrected chi connectivity index (χ3v) is 7.38. The molecule has 0 unspecified atom stereocenters. The van der Waals surface area contributed by atoms with Crippen LogP contribution in [-0.4, -0.2) is 91.4 Å². The van der Waals surface area contributed by atoms with Gasteiger partial charge in [0, 0.05) is 37.4 Å². The number of piperazine rings is 1. The van der Waals surface area contributed by atoms with E-state index in [2.05, 4.69) is 10.3 Å². The van der Waals surface area contributed by atoms with Crippen LogP contribution in [0.2, 0.25) is 0 Å². The highest BCUT2D eigenvalue weighted by atomic mass is 32.2. The fourth-order valence-corrected chi connectivity index (χ4v) is 5.04. The third kappa shape index (κ3) is 6.46.